The molecule has 2 nitrogen and oxygen atoms in total. The van der Waals surface area contributed by atoms with Gasteiger partial charge in [0.2, 0.25) is 0 Å². The Morgan fingerprint density at radius 2 is 1.87 bits per heavy atom. The highest BCUT2D eigenvalue weighted by molar-refractivity contribution is 5.84. The van der Waals surface area contributed by atoms with Gasteiger partial charge in [-0.05, 0) is 71.0 Å². The predicted octanol–water partition coefficient (Wildman–Crippen LogP) is 2.88. The SMILES string of the molecule is C1CCC(CCCCN2CCCC2)=NC1. The first-order valence-corrected chi connectivity index (χ1v) is 6.70. The molecule has 0 aliphatic carbocycles. The second-order valence-electron chi connectivity index (χ2n) is 4.91. The van der Waals surface area contributed by atoms with Crippen molar-refractivity contribution in [1.82, 2.24) is 4.90 Å². The Bertz CT molecular complexity index is 205. The maximum Gasteiger partial charge on any atom is 0.0388 e. The molecule has 86 valence electrons. The summed E-state index contributed by atoms with van der Waals surface area (Å²) >= 11 is 0. The van der Waals surface area contributed by atoms with Crippen molar-refractivity contribution >= 4 is 5.71 Å². The molecular weight excluding hydrogens is 184 g/mol. The maximum absolute atomic E-state index is 4.60. The number of unbranched alkanes of at least 4 members (excludes halogenated alkanes) is 1. The van der Waals surface area contributed by atoms with E-state index in [0.717, 1.165) is 6.54 Å². The molecule has 0 N–H and O–H groups in total. The summed E-state index contributed by atoms with van der Waals surface area (Å²) in [6, 6.07) is 0. The van der Waals surface area contributed by atoms with Gasteiger partial charge in [0.05, 0.1) is 0 Å². The zero-order valence-corrected chi connectivity index (χ0v) is 9.88. The summed E-state index contributed by atoms with van der Waals surface area (Å²) in [5, 5.41) is 0. The normalized spacial score (nSPS) is 23.1. The Balaban J connectivity index is 1.52. The molecule has 0 atom stereocenters. The number of aliphatic imine (C=N–C) groups is 1. The predicted molar refractivity (Wildman–Crippen MR) is 65.7 cm³/mol. The molecule has 2 aliphatic rings. The first-order chi connectivity index (χ1) is 7.45. The van der Waals surface area contributed by atoms with Crippen molar-refractivity contribution in [2.75, 3.05) is 26.2 Å². The lowest BCUT2D eigenvalue weighted by atomic mass is 10.0. The molecule has 0 spiro atoms. The Morgan fingerprint density at radius 1 is 1.00 bits per heavy atom. The zero-order chi connectivity index (χ0) is 10.3. The van der Waals surface area contributed by atoms with E-state index < -0.39 is 0 Å². The molecule has 2 rings (SSSR count). The average Bonchev–Trinajstić information content (AvgIpc) is 2.79. The molecule has 0 unspecified atom stereocenters. The summed E-state index contributed by atoms with van der Waals surface area (Å²) in [5.74, 6) is 0. The van der Waals surface area contributed by atoms with Gasteiger partial charge >= 0.3 is 0 Å². The van der Waals surface area contributed by atoms with E-state index in [4.69, 9.17) is 0 Å². The van der Waals surface area contributed by atoms with Crippen LogP contribution in [0.5, 0.6) is 0 Å². The van der Waals surface area contributed by atoms with E-state index in [1.165, 1.54) is 76.7 Å². The van der Waals surface area contributed by atoms with Crippen molar-refractivity contribution in [3.8, 4) is 0 Å². The minimum atomic E-state index is 1.10. The topological polar surface area (TPSA) is 15.6 Å². The summed E-state index contributed by atoms with van der Waals surface area (Å²) in [6.07, 6.45) is 10.8. The van der Waals surface area contributed by atoms with Crippen molar-refractivity contribution in [3.05, 3.63) is 0 Å². The Labute approximate surface area is 93.8 Å². The van der Waals surface area contributed by atoms with Crippen molar-refractivity contribution in [2.24, 2.45) is 4.99 Å². The van der Waals surface area contributed by atoms with Crippen LogP contribution in [0.15, 0.2) is 4.99 Å². The molecule has 1 fully saturated rings. The third-order valence-electron chi connectivity index (χ3n) is 3.60. The molecule has 0 radical (unpaired) electrons. The van der Waals surface area contributed by atoms with Gasteiger partial charge in [0, 0.05) is 12.3 Å². The van der Waals surface area contributed by atoms with Gasteiger partial charge in [0.1, 0.15) is 0 Å². The fraction of sp³-hybridized carbons (Fsp3) is 0.923. The summed E-state index contributed by atoms with van der Waals surface area (Å²) in [4.78, 5) is 7.22. The third-order valence-corrected chi connectivity index (χ3v) is 3.60. The maximum atomic E-state index is 4.60. The molecule has 0 aromatic heterocycles. The molecule has 0 aromatic carbocycles. The van der Waals surface area contributed by atoms with Crippen molar-refractivity contribution in [3.63, 3.8) is 0 Å². The molecule has 15 heavy (non-hydrogen) atoms. The highest BCUT2D eigenvalue weighted by atomic mass is 15.1. The first-order valence-electron chi connectivity index (χ1n) is 6.70. The lowest BCUT2D eigenvalue weighted by Gasteiger charge is -2.15. The van der Waals surface area contributed by atoms with Gasteiger partial charge < -0.3 is 4.90 Å². The van der Waals surface area contributed by atoms with Gasteiger partial charge in [0.15, 0.2) is 0 Å². The average molecular weight is 208 g/mol. The number of rotatable bonds is 5. The number of hydrogen-bond acceptors (Lipinski definition) is 2. The second kappa shape index (κ2) is 6.26. The van der Waals surface area contributed by atoms with Crippen LogP contribution in [-0.4, -0.2) is 36.8 Å². The van der Waals surface area contributed by atoms with Crippen molar-refractivity contribution in [1.29, 1.82) is 0 Å². The van der Waals surface area contributed by atoms with Crippen LogP contribution in [0.1, 0.15) is 51.4 Å². The first kappa shape index (κ1) is 11.1. The van der Waals surface area contributed by atoms with Gasteiger partial charge in [-0.2, -0.15) is 0 Å². The Morgan fingerprint density at radius 3 is 2.60 bits per heavy atom. The standard InChI is InChI=1S/C13H24N2/c1-3-9-14-13(7-1)8-2-4-10-15-11-5-6-12-15/h1-12H2. The molecule has 0 saturated carbocycles. The molecule has 0 aromatic rings. The van der Waals surface area contributed by atoms with E-state index in [1.807, 2.05) is 0 Å². The van der Waals surface area contributed by atoms with Crippen LogP contribution >= 0.6 is 0 Å². The third kappa shape index (κ3) is 3.94. The number of hydrogen-bond donors (Lipinski definition) is 0. The summed E-state index contributed by atoms with van der Waals surface area (Å²) in [7, 11) is 0. The highest BCUT2D eigenvalue weighted by Crippen LogP contribution is 2.13. The Kier molecular flexibility index (Phi) is 4.65. The van der Waals surface area contributed by atoms with E-state index in [1.54, 1.807) is 0 Å². The minimum absolute atomic E-state index is 1.10. The fourth-order valence-electron chi connectivity index (χ4n) is 2.63. The van der Waals surface area contributed by atoms with Crippen LogP contribution in [0.25, 0.3) is 0 Å². The largest absolute Gasteiger partial charge is 0.303 e. The van der Waals surface area contributed by atoms with Crippen molar-refractivity contribution < 1.29 is 0 Å². The van der Waals surface area contributed by atoms with Gasteiger partial charge in [-0.15, -0.1) is 0 Å². The van der Waals surface area contributed by atoms with E-state index in [-0.39, 0.29) is 0 Å². The quantitative estimate of drug-likeness (QED) is 0.634. The van der Waals surface area contributed by atoms with E-state index in [0.29, 0.717) is 0 Å². The second-order valence-corrected chi connectivity index (χ2v) is 4.91. The van der Waals surface area contributed by atoms with Crippen LogP contribution < -0.4 is 0 Å². The van der Waals surface area contributed by atoms with E-state index in [9.17, 15) is 0 Å². The number of likely N-dealkylation sites (tertiary alicyclic amines) is 1. The van der Waals surface area contributed by atoms with E-state index >= 15 is 0 Å². The Hall–Kier alpha value is -0.370. The molecule has 0 bridgehead atoms. The van der Waals surface area contributed by atoms with Gasteiger partial charge in [-0.1, -0.05) is 0 Å². The molecule has 2 heterocycles. The van der Waals surface area contributed by atoms with Crippen LogP contribution in [0.2, 0.25) is 0 Å². The van der Waals surface area contributed by atoms with Crippen LogP contribution in [0.4, 0.5) is 0 Å². The smallest absolute Gasteiger partial charge is 0.0388 e. The van der Waals surface area contributed by atoms with Gasteiger partial charge in [0.25, 0.3) is 0 Å². The molecule has 0 amide bonds. The van der Waals surface area contributed by atoms with Gasteiger partial charge in [-0.3, -0.25) is 4.99 Å². The van der Waals surface area contributed by atoms with Crippen LogP contribution in [-0.2, 0) is 0 Å². The van der Waals surface area contributed by atoms with Crippen molar-refractivity contribution in [2.45, 2.75) is 51.4 Å². The fourth-order valence-corrected chi connectivity index (χ4v) is 2.63. The summed E-state index contributed by atoms with van der Waals surface area (Å²) < 4.78 is 0. The van der Waals surface area contributed by atoms with Crippen LogP contribution in [0.3, 0.4) is 0 Å². The lowest BCUT2D eigenvalue weighted by molar-refractivity contribution is 0.331. The zero-order valence-electron chi connectivity index (χ0n) is 9.88. The molecule has 2 aliphatic heterocycles. The molecular formula is C13H24N2. The summed E-state index contributed by atoms with van der Waals surface area (Å²) in [5.41, 5.74) is 1.50. The van der Waals surface area contributed by atoms with E-state index in [2.05, 4.69) is 9.89 Å². The number of nitrogens with zero attached hydrogens (tertiary/aromatic N) is 2. The molecule has 1 saturated heterocycles. The lowest BCUT2D eigenvalue weighted by Crippen LogP contribution is -2.20. The monoisotopic (exact) mass is 208 g/mol. The highest BCUT2D eigenvalue weighted by Gasteiger charge is 2.10. The van der Waals surface area contributed by atoms with Gasteiger partial charge in [-0.25, -0.2) is 0 Å². The van der Waals surface area contributed by atoms with Crippen LogP contribution in [0, 0.1) is 0 Å². The summed E-state index contributed by atoms with van der Waals surface area (Å²) in [6.45, 7) is 5.12. The minimum Gasteiger partial charge on any atom is -0.303 e. The molecule has 2 heteroatoms.